The smallest absolute Gasteiger partial charge is 0.178 e. The second kappa shape index (κ2) is 7.05. The normalized spacial score (nSPS) is 11.1. The van der Waals surface area contributed by atoms with Crippen molar-refractivity contribution in [2.24, 2.45) is 0 Å². The number of benzene rings is 1. The van der Waals surface area contributed by atoms with Gasteiger partial charge in [0.05, 0.1) is 11.6 Å². The summed E-state index contributed by atoms with van der Waals surface area (Å²) in [4.78, 5) is 15.4. The van der Waals surface area contributed by atoms with Gasteiger partial charge in [0.25, 0.3) is 0 Å². The molecule has 0 aliphatic carbocycles. The third-order valence-electron chi connectivity index (χ3n) is 2.69. The van der Waals surface area contributed by atoms with Gasteiger partial charge in [0.15, 0.2) is 5.78 Å². The Morgan fingerprint density at radius 1 is 1.35 bits per heavy atom. The van der Waals surface area contributed by atoms with Gasteiger partial charge in [-0.25, -0.2) is 0 Å². The number of halogens is 3. The highest BCUT2D eigenvalue weighted by atomic mass is 79.9. The summed E-state index contributed by atoms with van der Waals surface area (Å²) in [6.07, 6.45) is 0. The molecular formula is C14H12BrCl2NOS. The van der Waals surface area contributed by atoms with Gasteiger partial charge in [-0.05, 0) is 47.2 Å². The minimum Gasteiger partial charge on any atom is -0.294 e. The lowest BCUT2D eigenvalue weighted by molar-refractivity contribution is 0.0943. The number of likely N-dealkylation sites (N-methyl/N-ethyl adjacent to an activating group) is 1. The maximum atomic E-state index is 12.2. The first kappa shape index (κ1) is 16.0. The van der Waals surface area contributed by atoms with Gasteiger partial charge >= 0.3 is 0 Å². The summed E-state index contributed by atoms with van der Waals surface area (Å²) in [6, 6.07) is 6.99. The molecular weight excluding hydrogens is 381 g/mol. The highest BCUT2D eigenvalue weighted by Crippen LogP contribution is 2.23. The summed E-state index contributed by atoms with van der Waals surface area (Å²) in [6.45, 7) is 1.05. The molecule has 0 unspecified atom stereocenters. The summed E-state index contributed by atoms with van der Waals surface area (Å²) < 4.78 is 1.07. The molecule has 0 spiro atoms. The number of hydrogen-bond acceptors (Lipinski definition) is 3. The number of thiophene rings is 1. The maximum absolute atomic E-state index is 12.2. The molecule has 0 aliphatic rings. The van der Waals surface area contributed by atoms with Gasteiger partial charge in [0.2, 0.25) is 0 Å². The Labute approximate surface area is 140 Å². The van der Waals surface area contributed by atoms with Crippen molar-refractivity contribution in [1.29, 1.82) is 0 Å². The molecule has 0 saturated carbocycles. The lowest BCUT2D eigenvalue weighted by Gasteiger charge is -2.15. The monoisotopic (exact) mass is 391 g/mol. The lowest BCUT2D eigenvalue weighted by Crippen LogP contribution is -2.25. The molecule has 0 atom stereocenters. The molecule has 106 valence electrons. The largest absolute Gasteiger partial charge is 0.294 e. The van der Waals surface area contributed by atoms with Crippen LogP contribution in [0.2, 0.25) is 10.0 Å². The zero-order valence-electron chi connectivity index (χ0n) is 10.7. The van der Waals surface area contributed by atoms with E-state index in [1.165, 1.54) is 4.88 Å². The number of hydrogen-bond donors (Lipinski definition) is 0. The molecule has 0 N–H and O–H groups in total. The summed E-state index contributed by atoms with van der Waals surface area (Å²) in [5.74, 6) is -0.00946. The summed E-state index contributed by atoms with van der Waals surface area (Å²) in [5, 5.41) is 2.96. The average Bonchev–Trinajstić information content (AvgIpc) is 2.74. The van der Waals surface area contributed by atoms with Gasteiger partial charge in [0, 0.05) is 31.9 Å². The summed E-state index contributed by atoms with van der Waals surface area (Å²) in [5.41, 5.74) is 0.510. The van der Waals surface area contributed by atoms with Crippen molar-refractivity contribution in [3.63, 3.8) is 0 Å². The number of Topliss-reactive ketones (excluding diaryl/α,β-unsaturated/α-hetero) is 1. The van der Waals surface area contributed by atoms with Crippen molar-refractivity contribution in [3.05, 3.63) is 54.6 Å². The second-order valence-electron chi connectivity index (χ2n) is 4.45. The van der Waals surface area contributed by atoms with Crippen LogP contribution in [0.4, 0.5) is 0 Å². The number of rotatable bonds is 5. The first-order valence-electron chi connectivity index (χ1n) is 5.85. The Balaban J connectivity index is 2.00. The topological polar surface area (TPSA) is 20.3 Å². The van der Waals surface area contributed by atoms with E-state index in [0.29, 0.717) is 22.2 Å². The van der Waals surface area contributed by atoms with E-state index >= 15 is 0 Å². The summed E-state index contributed by atoms with van der Waals surface area (Å²) in [7, 11) is 1.91. The fourth-order valence-electron chi connectivity index (χ4n) is 1.80. The van der Waals surface area contributed by atoms with Crippen LogP contribution in [0.5, 0.6) is 0 Å². The molecule has 2 rings (SSSR count). The van der Waals surface area contributed by atoms with Gasteiger partial charge in [0.1, 0.15) is 0 Å². The molecule has 1 heterocycles. The van der Waals surface area contributed by atoms with Crippen molar-refractivity contribution in [2.75, 3.05) is 13.6 Å². The lowest BCUT2D eigenvalue weighted by atomic mass is 10.1. The highest BCUT2D eigenvalue weighted by molar-refractivity contribution is 9.10. The van der Waals surface area contributed by atoms with Gasteiger partial charge in [-0.15, -0.1) is 11.3 Å². The van der Waals surface area contributed by atoms with E-state index in [9.17, 15) is 4.79 Å². The predicted molar refractivity (Wildman–Crippen MR) is 89.1 cm³/mol. The van der Waals surface area contributed by atoms with Crippen molar-refractivity contribution in [2.45, 2.75) is 6.54 Å². The molecule has 0 bridgehead atoms. The van der Waals surface area contributed by atoms with E-state index in [-0.39, 0.29) is 5.78 Å². The van der Waals surface area contributed by atoms with E-state index in [0.717, 1.165) is 11.0 Å². The minimum atomic E-state index is -0.00946. The number of carbonyl (C=O) groups is 1. The Kier molecular flexibility index (Phi) is 5.64. The first-order valence-corrected chi connectivity index (χ1v) is 8.28. The van der Waals surface area contributed by atoms with E-state index < -0.39 is 0 Å². The first-order chi connectivity index (χ1) is 9.45. The van der Waals surface area contributed by atoms with Gasteiger partial charge in [-0.1, -0.05) is 23.2 Å². The van der Waals surface area contributed by atoms with Crippen LogP contribution in [0.3, 0.4) is 0 Å². The van der Waals surface area contributed by atoms with E-state index in [4.69, 9.17) is 23.2 Å². The van der Waals surface area contributed by atoms with Crippen molar-refractivity contribution in [3.8, 4) is 0 Å². The molecule has 0 amide bonds. The van der Waals surface area contributed by atoms with Crippen LogP contribution in [-0.4, -0.2) is 24.3 Å². The second-order valence-corrected chi connectivity index (χ2v) is 7.21. The van der Waals surface area contributed by atoms with Crippen molar-refractivity contribution >= 4 is 56.3 Å². The highest BCUT2D eigenvalue weighted by Gasteiger charge is 2.13. The number of carbonyl (C=O) groups excluding carboxylic acids is 1. The zero-order chi connectivity index (χ0) is 14.7. The Morgan fingerprint density at radius 2 is 2.10 bits per heavy atom. The van der Waals surface area contributed by atoms with Crippen LogP contribution in [0.25, 0.3) is 0 Å². The van der Waals surface area contributed by atoms with Crippen LogP contribution in [-0.2, 0) is 6.54 Å². The number of nitrogens with zero attached hydrogens (tertiary/aromatic N) is 1. The zero-order valence-corrected chi connectivity index (χ0v) is 14.6. The standard InChI is InChI=1S/C14H12BrCl2NOS/c1-18(6-11-4-9(15)8-20-11)7-14(19)12-3-2-10(16)5-13(12)17/h2-5,8H,6-7H2,1H3. The molecule has 20 heavy (non-hydrogen) atoms. The molecule has 2 nitrogen and oxygen atoms in total. The van der Waals surface area contributed by atoms with Gasteiger partial charge < -0.3 is 0 Å². The Bertz CT molecular complexity index is 629. The fourth-order valence-corrected chi connectivity index (χ4v) is 3.85. The van der Waals surface area contributed by atoms with E-state index in [1.54, 1.807) is 29.5 Å². The summed E-state index contributed by atoms with van der Waals surface area (Å²) >= 11 is 17.0. The molecule has 1 aromatic carbocycles. The van der Waals surface area contributed by atoms with E-state index in [2.05, 4.69) is 22.0 Å². The number of ketones is 1. The molecule has 1 aromatic heterocycles. The molecule has 0 aliphatic heterocycles. The molecule has 0 fully saturated rings. The quantitative estimate of drug-likeness (QED) is 0.657. The molecule has 2 aromatic rings. The van der Waals surface area contributed by atoms with Crippen molar-refractivity contribution < 1.29 is 4.79 Å². The minimum absolute atomic E-state index is 0.00946. The van der Waals surface area contributed by atoms with E-state index in [1.807, 2.05) is 17.3 Å². The van der Waals surface area contributed by atoms with Crippen LogP contribution in [0.1, 0.15) is 15.2 Å². The fraction of sp³-hybridized carbons (Fsp3) is 0.214. The maximum Gasteiger partial charge on any atom is 0.178 e. The third-order valence-corrected chi connectivity index (χ3v) is 4.92. The Morgan fingerprint density at radius 3 is 2.70 bits per heavy atom. The average molecular weight is 393 g/mol. The van der Waals surface area contributed by atoms with Gasteiger partial charge in [-0.2, -0.15) is 0 Å². The van der Waals surface area contributed by atoms with Crippen LogP contribution in [0.15, 0.2) is 34.1 Å². The van der Waals surface area contributed by atoms with Gasteiger partial charge in [-0.3, -0.25) is 9.69 Å². The predicted octanol–water partition coefficient (Wildman–Crippen LogP) is 5.13. The van der Waals surface area contributed by atoms with Crippen LogP contribution in [0, 0.1) is 0 Å². The molecule has 0 saturated heterocycles. The van der Waals surface area contributed by atoms with Crippen LogP contribution < -0.4 is 0 Å². The van der Waals surface area contributed by atoms with Crippen LogP contribution >= 0.6 is 50.5 Å². The molecule has 6 heteroatoms. The SMILES string of the molecule is CN(CC(=O)c1ccc(Cl)cc1Cl)Cc1cc(Br)cs1. The molecule has 0 radical (unpaired) electrons. The van der Waals surface area contributed by atoms with Crippen molar-refractivity contribution in [1.82, 2.24) is 4.90 Å². The Hall–Kier alpha value is -0.390. The third kappa shape index (κ3) is 4.30.